The molecule has 230 valence electrons. The monoisotopic (exact) mass is 594 g/mol. The molecule has 0 aromatic heterocycles. The molecule has 0 saturated heterocycles. The fraction of sp³-hybridized carbons (Fsp3) is 0.500. The van der Waals surface area contributed by atoms with E-state index in [0.29, 0.717) is 43.1 Å². The van der Waals surface area contributed by atoms with Crippen LogP contribution in [0, 0.1) is 5.82 Å². The topological polar surface area (TPSA) is 47.9 Å². The van der Waals surface area contributed by atoms with E-state index in [0.717, 1.165) is 23.1 Å². The van der Waals surface area contributed by atoms with Gasteiger partial charge < -0.3 is 19.0 Å². The van der Waals surface area contributed by atoms with Crippen molar-refractivity contribution in [2.75, 3.05) is 19.8 Å². The zero-order valence-corrected chi connectivity index (χ0v) is 28.0. The molecule has 0 spiro atoms. The third kappa shape index (κ3) is 9.16. The molecule has 0 aliphatic rings. The molecule has 3 aromatic carbocycles. The molecule has 0 saturated carbocycles. The minimum Gasteiger partial charge on any atom is -0.507 e. The van der Waals surface area contributed by atoms with Crippen LogP contribution < -0.4 is 4.74 Å². The third-order valence-electron chi connectivity index (χ3n) is 8.36. The largest absolute Gasteiger partial charge is 0.507 e. The lowest BCUT2D eigenvalue weighted by Gasteiger charge is -2.36. The normalized spacial score (nSPS) is 12.9. The Morgan fingerprint density at radius 2 is 1.57 bits per heavy atom. The van der Waals surface area contributed by atoms with Crippen molar-refractivity contribution in [3.63, 3.8) is 0 Å². The van der Waals surface area contributed by atoms with Crippen LogP contribution in [0.25, 0.3) is 22.3 Å². The van der Waals surface area contributed by atoms with Crippen molar-refractivity contribution in [2.24, 2.45) is 0 Å². The zero-order chi connectivity index (χ0) is 30.9. The van der Waals surface area contributed by atoms with Gasteiger partial charge >= 0.3 is 0 Å². The first-order valence-corrected chi connectivity index (χ1v) is 18.4. The second-order valence-corrected chi connectivity index (χ2v) is 17.6. The lowest BCUT2D eigenvalue weighted by Crippen LogP contribution is -2.41. The van der Waals surface area contributed by atoms with E-state index < -0.39 is 14.1 Å². The smallest absolute Gasteiger partial charge is 0.191 e. The Morgan fingerprint density at radius 1 is 0.881 bits per heavy atom. The second kappa shape index (κ2) is 15.2. The summed E-state index contributed by atoms with van der Waals surface area (Å²) in [5.74, 6) is 0.235. The number of halogens is 1. The molecule has 0 amide bonds. The average molecular weight is 595 g/mol. The summed E-state index contributed by atoms with van der Waals surface area (Å²) in [5.41, 5.74) is 4.63. The van der Waals surface area contributed by atoms with Crippen LogP contribution in [0.1, 0.15) is 71.9 Å². The average Bonchev–Trinajstić information content (AvgIpc) is 2.93. The number of ether oxygens (including phenoxy) is 2. The van der Waals surface area contributed by atoms with E-state index in [1.165, 1.54) is 24.8 Å². The van der Waals surface area contributed by atoms with Crippen LogP contribution in [0.3, 0.4) is 0 Å². The first-order valence-electron chi connectivity index (χ1n) is 15.5. The first-order chi connectivity index (χ1) is 19.9. The number of hydrogen-bond acceptors (Lipinski definition) is 4. The molecule has 0 heterocycles. The lowest BCUT2D eigenvalue weighted by molar-refractivity contribution is 0.0399. The zero-order valence-electron chi connectivity index (χ0n) is 27.0. The highest BCUT2D eigenvalue weighted by atomic mass is 28.4. The van der Waals surface area contributed by atoms with Gasteiger partial charge in [0.25, 0.3) is 0 Å². The predicted octanol–water partition coefficient (Wildman–Crippen LogP) is 9.97. The Balaban J connectivity index is 1.87. The number of aryl methyl sites for hydroxylation is 1. The van der Waals surface area contributed by atoms with Gasteiger partial charge in [-0.1, -0.05) is 76.9 Å². The van der Waals surface area contributed by atoms with Gasteiger partial charge in [-0.05, 0) is 86.1 Å². The van der Waals surface area contributed by atoms with Crippen LogP contribution in [-0.4, -0.2) is 39.3 Å². The van der Waals surface area contributed by atoms with Crippen molar-refractivity contribution in [2.45, 2.75) is 97.9 Å². The molecular weight excluding hydrogens is 543 g/mol. The summed E-state index contributed by atoms with van der Waals surface area (Å²) < 4.78 is 33.8. The Hall–Kier alpha value is -2.67. The molecule has 1 N–H and O–H groups in total. The van der Waals surface area contributed by atoms with Crippen LogP contribution >= 0.6 is 0 Å². The van der Waals surface area contributed by atoms with Crippen molar-refractivity contribution in [3.05, 3.63) is 71.5 Å². The number of unbranched alkanes of at least 4 members (excludes halogenated alkanes) is 2. The van der Waals surface area contributed by atoms with Crippen molar-refractivity contribution in [1.29, 1.82) is 0 Å². The van der Waals surface area contributed by atoms with Gasteiger partial charge in [0, 0.05) is 29.9 Å². The van der Waals surface area contributed by atoms with Crippen LogP contribution in [0.15, 0.2) is 54.6 Å². The van der Waals surface area contributed by atoms with Crippen molar-refractivity contribution >= 4 is 8.32 Å². The molecule has 1 unspecified atom stereocenters. The molecular formula is C36H51FO4Si. The summed E-state index contributed by atoms with van der Waals surface area (Å²) in [6.45, 7) is 18.7. The number of rotatable bonds is 15. The number of hydrogen-bond donors (Lipinski definition) is 1. The molecule has 42 heavy (non-hydrogen) atoms. The fourth-order valence-corrected chi connectivity index (χ4v) is 5.73. The number of phenolic OH excluding ortho intramolecular Hbond substituents is 1. The highest BCUT2D eigenvalue weighted by Gasteiger charge is 2.37. The van der Waals surface area contributed by atoms with Gasteiger partial charge in [-0.15, -0.1) is 0 Å². The summed E-state index contributed by atoms with van der Waals surface area (Å²) in [4.78, 5) is 0. The van der Waals surface area contributed by atoms with E-state index in [1.807, 2.05) is 19.9 Å². The summed E-state index contributed by atoms with van der Waals surface area (Å²) in [6, 6.07) is 17.0. The molecule has 1 atom stereocenters. The van der Waals surface area contributed by atoms with E-state index in [9.17, 15) is 5.11 Å². The third-order valence-corrected chi connectivity index (χ3v) is 12.9. The summed E-state index contributed by atoms with van der Waals surface area (Å²) >= 11 is 0. The first kappa shape index (κ1) is 33.8. The quantitative estimate of drug-likeness (QED) is 0.140. The second-order valence-electron chi connectivity index (χ2n) is 12.8. The minimum atomic E-state index is -1.93. The molecule has 0 aliphatic carbocycles. The van der Waals surface area contributed by atoms with E-state index in [-0.39, 0.29) is 16.9 Å². The molecule has 4 nitrogen and oxygen atoms in total. The van der Waals surface area contributed by atoms with Gasteiger partial charge in [-0.2, -0.15) is 0 Å². The highest BCUT2D eigenvalue weighted by molar-refractivity contribution is 6.74. The van der Waals surface area contributed by atoms with Crippen molar-refractivity contribution in [1.82, 2.24) is 0 Å². The van der Waals surface area contributed by atoms with E-state index >= 15 is 4.39 Å². The maximum atomic E-state index is 15.6. The van der Waals surface area contributed by atoms with Crippen LogP contribution in [0.5, 0.6) is 11.5 Å². The highest BCUT2D eigenvalue weighted by Crippen LogP contribution is 2.40. The van der Waals surface area contributed by atoms with Crippen molar-refractivity contribution < 1.29 is 23.4 Å². The van der Waals surface area contributed by atoms with Crippen LogP contribution in [0.2, 0.25) is 18.1 Å². The molecule has 6 heteroatoms. The Kier molecular flexibility index (Phi) is 12.2. The summed E-state index contributed by atoms with van der Waals surface area (Å²) in [6.07, 6.45) is 5.15. The Morgan fingerprint density at radius 3 is 2.19 bits per heavy atom. The maximum absolute atomic E-state index is 15.6. The molecule has 0 radical (unpaired) electrons. The van der Waals surface area contributed by atoms with Crippen LogP contribution in [0.4, 0.5) is 4.39 Å². The molecule has 3 rings (SSSR count). The standard InChI is InChI=1S/C36H51FO4Si/c1-9-11-12-13-27-14-16-28(17-15-27)29-18-19-31(33(37)22-29)32-24-35(40-25-26(3)39-10-2)30(23-34(32)38)20-21-41-42(7,8)36(4,5)6/h14-19,22-24,26,38H,9-13,20-21,25H2,1-8H3. The minimum absolute atomic E-state index is 0.0191. The van der Waals surface area contributed by atoms with Gasteiger partial charge in [-0.25, -0.2) is 4.39 Å². The van der Waals surface area contributed by atoms with Gasteiger partial charge in [0.1, 0.15) is 23.9 Å². The number of phenols is 1. The van der Waals surface area contributed by atoms with E-state index in [1.54, 1.807) is 24.3 Å². The maximum Gasteiger partial charge on any atom is 0.191 e. The van der Waals surface area contributed by atoms with Crippen molar-refractivity contribution in [3.8, 4) is 33.8 Å². The molecule has 0 fully saturated rings. The molecule has 3 aromatic rings. The number of benzene rings is 3. The molecule has 0 aliphatic heterocycles. The Bertz CT molecular complexity index is 1280. The summed E-state index contributed by atoms with van der Waals surface area (Å²) in [5, 5.41) is 11.2. The Labute approximate surface area is 254 Å². The van der Waals surface area contributed by atoms with E-state index in [2.05, 4.69) is 65.1 Å². The van der Waals surface area contributed by atoms with Gasteiger partial charge in [0.15, 0.2) is 8.32 Å². The molecule has 0 bridgehead atoms. The summed E-state index contributed by atoms with van der Waals surface area (Å²) in [7, 11) is -1.93. The van der Waals surface area contributed by atoms with Gasteiger partial charge in [-0.3, -0.25) is 0 Å². The fourth-order valence-electron chi connectivity index (χ4n) is 4.69. The van der Waals surface area contributed by atoms with Gasteiger partial charge in [0.05, 0.1) is 6.10 Å². The van der Waals surface area contributed by atoms with E-state index in [4.69, 9.17) is 13.9 Å². The van der Waals surface area contributed by atoms with Gasteiger partial charge in [0.2, 0.25) is 0 Å². The SMILES string of the molecule is CCCCCc1ccc(-c2ccc(-c3cc(OCC(C)OCC)c(CCO[Si](C)(C)C(C)(C)C)cc3O)c(F)c2)cc1. The number of aromatic hydroxyl groups is 1. The predicted molar refractivity (Wildman–Crippen MR) is 176 cm³/mol. The lowest BCUT2D eigenvalue weighted by atomic mass is 9.96. The van der Waals surface area contributed by atoms with Crippen LogP contribution in [-0.2, 0) is 22.0 Å².